The molecule has 21 heavy (non-hydrogen) atoms. The molecular weight excluding hydrogens is 316 g/mol. The van der Waals surface area contributed by atoms with Crippen molar-refractivity contribution in [2.24, 2.45) is 0 Å². The Morgan fingerprint density at radius 3 is 2.76 bits per heavy atom. The molecule has 10 heteroatoms. The minimum absolute atomic E-state index is 0.0754. The van der Waals surface area contributed by atoms with Gasteiger partial charge in [-0.3, -0.25) is 10.1 Å². The molecule has 0 saturated heterocycles. The molecule has 0 aliphatic heterocycles. The summed E-state index contributed by atoms with van der Waals surface area (Å²) in [6.45, 7) is 1.89. The van der Waals surface area contributed by atoms with Crippen LogP contribution in [0.5, 0.6) is 0 Å². The van der Waals surface area contributed by atoms with Gasteiger partial charge in [0.2, 0.25) is 10.0 Å². The molecule has 0 radical (unpaired) electrons. The summed E-state index contributed by atoms with van der Waals surface area (Å²) in [6, 6.07) is 3.36. The lowest BCUT2D eigenvalue weighted by Crippen LogP contribution is -2.23. The number of benzene rings is 1. The number of sulfonamides is 1. The Hall–Kier alpha value is -2.04. The fraction of sp³-hybridized carbons (Fsp3) is 0.182. The molecule has 0 amide bonds. The lowest BCUT2D eigenvalue weighted by molar-refractivity contribution is -0.384. The number of nitrogens with one attached hydrogen (secondary N) is 1. The Kier molecular flexibility index (Phi) is 4.21. The van der Waals surface area contributed by atoms with E-state index in [1.807, 2.05) is 6.92 Å². The molecule has 112 valence electrons. The standard InChI is InChI=1S/C11H12N4O4S2/c1-7-13-5-8(20-7)6-14-21(18,19)9-2-3-10(12)11(4-9)15(16)17/h2-5,14H,6,12H2,1H3. The van der Waals surface area contributed by atoms with Crippen molar-refractivity contribution in [3.8, 4) is 0 Å². The van der Waals surface area contributed by atoms with E-state index in [9.17, 15) is 18.5 Å². The van der Waals surface area contributed by atoms with E-state index >= 15 is 0 Å². The molecule has 0 aliphatic rings. The molecule has 0 saturated carbocycles. The maximum Gasteiger partial charge on any atom is 0.293 e. The Morgan fingerprint density at radius 1 is 1.48 bits per heavy atom. The van der Waals surface area contributed by atoms with E-state index in [1.54, 1.807) is 6.20 Å². The normalized spacial score (nSPS) is 11.5. The van der Waals surface area contributed by atoms with Gasteiger partial charge in [-0.15, -0.1) is 11.3 Å². The summed E-state index contributed by atoms with van der Waals surface area (Å²) in [5, 5.41) is 11.6. The molecule has 2 rings (SSSR count). The summed E-state index contributed by atoms with van der Waals surface area (Å²) in [6.07, 6.45) is 1.58. The van der Waals surface area contributed by atoms with Crippen LogP contribution < -0.4 is 10.5 Å². The molecule has 0 fully saturated rings. The highest BCUT2D eigenvalue weighted by Crippen LogP contribution is 2.25. The minimum Gasteiger partial charge on any atom is -0.393 e. The first-order valence-corrected chi connectivity index (χ1v) is 8.04. The van der Waals surface area contributed by atoms with Gasteiger partial charge in [0.15, 0.2) is 0 Å². The number of aromatic nitrogens is 1. The van der Waals surface area contributed by atoms with E-state index in [1.165, 1.54) is 23.5 Å². The first-order valence-electron chi connectivity index (χ1n) is 5.74. The van der Waals surface area contributed by atoms with Gasteiger partial charge in [-0.25, -0.2) is 18.1 Å². The van der Waals surface area contributed by atoms with Crippen molar-refractivity contribution in [3.63, 3.8) is 0 Å². The molecule has 2 aromatic rings. The van der Waals surface area contributed by atoms with Gasteiger partial charge in [0.05, 0.1) is 14.8 Å². The van der Waals surface area contributed by atoms with Crippen LogP contribution >= 0.6 is 11.3 Å². The number of nitro benzene ring substituents is 1. The van der Waals surface area contributed by atoms with Crippen molar-refractivity contribution >= 4 is 32.7 Å². The van der Waals surface area contributed by atoms with Gasteiger partial charge < -0.3 is 5.73 Å². The number of nitrogens with zero attached hydrogens (tertiary/aromatic N) is 2. The highest BCUT2D eigenvalue weighted by atomic mass is 32.2. The van der Waals surface area contributed by atoms with Gasteiger partial charge in [-0.05, 0) is 19.1 Å². The number of anilines is 1. The van der Waals surface area contributed by atoms with Crippen LogP contribution in [-0.4, -0.2) is 18.3 Å². The van der Waals surface area contributed by atoms with Crippen LogP contribution in [0.1, 0.15) is 9.88 Å². The summed E-state index contributed by atoms with van der Waals surface area (Å²) in [7, 11) is -3.85. The monoisotopic (exact) mass is 328 g/mol. The third kappa shape index (κ3) is 3.54. The molecule has 8 nitrogen and oxygen atoms in total. The summed E-state index contributed by atoms with van der Waals surface area (Å²) >= 11 is 1.37. The molecule has 0 bridgehead atoms. The van der Waals surface area contributed by atoms with Crippen molar-refractivity contribution < 1.29 is 13.3 Å². The average molecular weight is 328 g/mol. The first-order chi connectivity index (χ1) is 9.79. The summed E-state index contributed by atoms with van der Waals surface area (Å²) in [4.78, 5) is 14.6. The van der Waals surface area contributed by atoms with Crippen molar-refractivity contribution in [2.45, 2.75) is 18.4 Å². The van der Waals surface area contributed by atoms with Gasteiger partial charge in [0.1, 0.15) is 5.69 Å². The Labute approximate surface area is 124 Å². The fourth-order valence-electron chi connectivity index (χ4n) is 1.59. The molecule has 0 aliphatic carbocycles. The third-order valence-corrected chi connectivity index (χ3v) is 4.93. The Balaban J connectivity index is 2.23. The van der Waals surface area contributed by atoms with Gasteiger partial charge in [0.25, 0.3) is 5.69 Å². The molecule has 1 aromatic carbocycles. The Bertz CT molecular complexity index is 785. The second-order valence-electron chi connectivity index (χ2n) is 4.15. The summed E-state index contributed by atoms with van der Waals surface area (Å²) < 4.78 is 26.6. The number of nitrogens with two attached hydrogens (primary N) is 1. The maximum absolute atomic E-state index is 12.1. The van der Waals surface area contributed by atoms with Gasteiger partial charge in [-0.1, -0.05) is 0 Å². The lowest BCUT2D eigenvalue weighted by atomic mass is 10.3. The highest BCUT2D eigenvalue weighted by molar-refractivity contribution is 7.89. The van der Waals surface area contributed by atoms with Crippen molar-refractivity contribution in [1.82, 2.24) is 9.71 Å². The zero-order valence-corrected chi connectivity index (χ0v) is 12.6. The van der Waals surface area contributed by atoms with Crippen molar-refractivity contribution in [1.29, 1.82) is 0 Å². The largest absolute Gasteiger partial charge is 0.393 e. The van der Waals surface area contributed by atoms with Crippen LogP contribution in [0.15, 0.2) is 29.3 Å². The number of nitro groups is 1. The van der Waals surface area contributed by atoms with Crippen molar-refractivity contribution in [3.05, 3.63) is 44.4 Å². The zero-order chi connectivity index (χ0) is 15.6. The highest BCUT2D eigenvalue weighted by Gasteiger charge is 2.20. The van der Waals surface area contributed by atoms with Crippen molar-refractivity contribution in [2.75, 3.05) is 5.73 Å². The smallest absolute Gasteiger partial charge is 0.293 e. The van der Waals surface area contributed by atoms with E-state index < -0.39 is 20.6 Å². The third-order valence-electron chi connectivity index (χ3n) is 2.61. The number of hydrogen-bond donors (Lipinski definition) is 2. The number of hydrogen-bond acceptors (Lipinski definition) is 7. The molecule has 0 atom stereocenters. The van der Waals surface area contributed by atoms with E-state index in [2.05, 4.69) is 9.71 Å². The number of aryl methyl sites for hydroxylation is 1. The van der Waals surface area contributed by atoms with Crippen LogP contribution in [-0.2, 0) is 16.6 Å². The molecule has 0 spiro atoms. The van der Waals surface area contributed by atoms with E-state index in [-0.39, 0.29) is 17.1 Å². The van der Waals surface area contributed by atoms with E-state index in [0.29, 0.717) is 0 Å². The molecular formula is C11H12N4O4S2. The maximum atomic E-state index is 12.1. The van der Waals surface area contributed by atoms with Gasteiger partial charge in [-0.2, -0.15) is 0 Å². The SMILES string of the molecule is Cc1ncc(CNS(=O)(=O)c2ccc(N)c([N+](=O)[O-])c2)s1. The topological polar surface area (TPSA) is 128 Å². The first kappa shape index (κ1) is 15.4. The molecule has 3 N–H and O–H groups in total. The number of nitrogen functional groups attached to an aromatic ring is 1. The average Bonchev–Trinajstić information content (AvgIpc) is 2.82. The van der Waals surface area contributed by atoms with Crippen LogP contribution in [0.4, 0.5) is 11.4 Å². The summed E-state index contributed by atoms with van der Waals surface area (Å²) in [5.41, 5.74) is 4.91. The van der Waals surface area contributed by atoms with Crippen LogP contribution in [0, 0.1) is 17.0 Å². The van der Waals surface area contributed by atoms with E-state index in [4.69, 9.17) is 5.73 Å². The number of thiazole rings is 1. The fourth-order valence-corrected chi connectivity index (χ4v) is 3.44. The molecule has 0 unspecified atom stereocenters. The second-order valence-corrected chi connectivity index (χ2v) is 7.23. The number of rotatable bonds is 5. The van der Waals surface area contributed by atoms with Gasteiger partial charge in [0, 0.05) is 23.7 Å². The predicted molar refractivity (Wildman–Crippen MR) is 78.4 cm³/mol. The van der Waals surface area contributed by atoms with E-state index in [0.717, 1.165) is 16.0 Å². The van der Waals surface area contributed by atoms with Crippen LogP contribution in [0.25, 0.3) is 0 Å². The van der Waals surface area contributed by atoms with Crippen LogP contribution in [0.2, 0.25) is 0 Å². The van der Waals surface area contributed by atoms with Crippen LogP contribution in [0.3, 0.4) is 0 Å². The summed E-state index contributed by atoms with van der Waals surface area (Å²) in [5.74, 6) is 0. The van der Waals surface area contributed by atoms with Gasteiger partial charge >= 0.3 is 0 Å². The zero-order valence-electron chi connectivity index (χ0n) is 10.9. The predicted octanol–water partition coefficient (Wildman–Crippen LogP) is 1.42. The lowest BCUT2D eigenvalue weighted by Gasteiger charge is -2.06. The minimum atomic E-state index is -3.85. The molecule has 1 heterocycles. The molecule has 1 aromatic heterocycles. The second kappa shape index (κ2) is 5.76. The Morgan fingerprint density at radius 2 is 2.19 bits per heavy atom. The quantitative estimate of drug-likeness (QED) is 0.485.